The van der Waals surface area contributed by atoms with Crippen LogP contribution in [0.4, 0.5) is 0 Å². The lowest BCUT2D eigenvalue weighted by molar-refractivity contribution is 0.0942. The first kappa shape index (κ1) is 14.8. The summed E-state index contributed by atoms with van der Waals surface area (Å²) in [5.41, 5.74) is 0.418. The number of ether oxygens (including phenoxy) is 1. The monoisotopic (exact) mass is 271 g/mol. The molecule has 0 aliphatic heterocycles. The average molecular weight is 272 g/mol. The van der Waals surface area contributed by atoms with Gasteiger partial charge < -0.3 is 15.2 Å². The highest BCUT2D eigenvalue weighted by molar-refractivity contribution is 6.31. The van der Waals surface area contributed by atoms with Gasteiger partial charge in [0, 0.05) is 18.2 Å². The average Bonchev–Trinajstić information content (AvgIpc) is 2.36. The Labute approximate surface area is 112 Å². The maximum Gasteiger partial charge on any atom is 0.255 e. The third kappa shape index (κ3) is 4.20. The first-order chi connectivity index (χ1) is 8.58. The van der Waals surface area contributed by atoms with E-state index in [1.165, 1.54) is 7.11 Å². The van der Waals surface area contributed by atoms with Gasteiger partial charge in [0.05, 0.1) is 12.7 Å². The minimum Gasteiger partial charge on any atom is -0.496 e. The van der Waals surface area contributed by atoms with E-state index in [1.807, 2.05) is 6.92 Å². The molecule has 5 heteroatoms. The molecule has 0 aliphatic carbocycles. The lowest BCUT2D eigenvalue weighted by Crippen LogP contribution is -2.29. The summed E-state index contributed by atoms with van der Waals surface area (Å²) < 4.78 is 5.12. The summed E-state index contributed by atoms with van der Waals surface area (Å²) in [6.07, 6.45) is 0.660. The van der Waals surface area contributed by atoms with Crippen molar-refractivity contribution in [3.63, 3.8) is 0 Å². The van der Waals surface area contributed by atoms with E-state index in [1.54, 1.807) is 18.2 Å². The number of hydrogen-bond donors (Lipinski definition) is 2. The summed E-state index contributed by atoms with van der Waals surface area (Å²) >= 11 is 5.86. The van der Waals surface area contributed by atoms with Crippen molar-refractivity contribution in [2.24, 2.45) is 5.92 Å². The van der Waals surface area contributed by atoms with Gasteiger partial charge in [-0.2, -0.15) is 0 Å². The Morgan fingerprint density at radius 2 is 2.28 bits per heavy atom. The fourth-order valence-electron chi connectivity index (χ4n) is 1.54. The van der Waals surface area contributed by atoms with Gasteiger partial charge in [0.15, 0.2) is 0 Å². The van der Waals surface area contributed by atoms with Gasteiger partial charge >= 0.3 is 0 Å². The molecule has 1 aromatic carbocycles. The number of rotatable bonds is 6. The van der Waals surface area contributed by atoms with Crippen molar-refractivity contribution >= 4 is 17.5 Å². The molecule has 1 aromatic rings. The van der Waals surface area contributed by atoms with Crippen molar-refractivity contribution in [2.75, 3.05) is 20.3 Å². The zero-order valence-electron chi connectivity index (χ0n) is 10.6. The van der Waals surface area contributed by atoms with Gasteiger partial charge in [-0.3, -0.25) is 4.79 Å². The number of amides is 1. The fraction of sp³-hybridized carbons (Fsp3) is 0.462. The first-order valence-electron chi connectivity index (χ1n) is 5.81. The van der Waals surface area contributed by atoms with Gasteiger partial charge in [-0.1, -0.05) is 18.5 Å². The van der Waals surface area contributed by atoms with Crippen LogP contribution in [0.1, 0.15) is 23.7 Å². The van der Waals surface area contributed by atoms with Crippen molar-refractivity contribution in [3.8, 4) is 5.75 Å². The number of benzene rings is 1. The molecule has 1 amide bonds. The molecule has 2 N–H and O–H groups in total. The summed E-state index contributed by atoms with van der Waals surface area (Å²) in [5.74, 6) is 0.495. The molecule has 0 radical (unpaired) electrons. The molecule has 18 heavy (non-hydrogen) atoms. The second-order valence-corrected chi connectivity index (χ2v) is 4.61. The van der Waals surface area contributed by atoms with Crippen molar-refractivity contribution in [3.05, 3.63) is 28.8 Å². The number of methoxy groups -OCH3 is 1. The topological polar surface area (TPSA) is 58.6 Å². The molecule has 0 heterocycles. The Bertz CT molecular complexity index is 409. The Kier molecular flexibility index (Phi) is 5.95. The number of nitrogens with one attached hydrogen (secondary N) is 1. The van der Waals surface area contributed by atoms with Crippen LogP contribution in [-0.4, -0.2) is 31.3 Å². The van der Waals surface area contributed by atoms with Crippen LogP contribution >= 0.6 is 11.6 Å². The van der Waals surface area contributed by atoms with Crippen LogP contribution in [0.25, 0.3) is 0 Å². The summed E-state index contributed by atoms with van der Waals surface area (Å²) in [7, 11) is 1.51. The third-order valence-corrected chi connectivity index (χ3v) is 2.87. The fourth-order valence-corrected chi connectivity index (χ4v) is 1.71. The predicted molar refractivity (Wildman–Crippen MR) is 71.2 cm³/mol. The Morgan fingerprint density at radius 3 is 2.89 bits per heavy atom. The van der Waals surface area contributed by atoms with E-state index in [0.29, 0.717) is 29.3 Å². The van der Waals surface area contributed by atoms with Crippen LogP contribution in [0.15, 0.2) is 18.2 Å². The van der Waals surface area contributed by atoms with Gasteiger partial charge in [-0.25, -0.2) is 0 Å². The van der Waals surface area contributed by atoms with E-state index in [4.69, 9.17) is 21.4 Å². The van der Waals surface area contributed by atoms with Gasteiger partial charge in [-0.15, -0.1) is 0 Å². The van der Waals surface area contributed by atoms with Crippen molar-refractivity contribution in [1.29, 1.82) is 0 Å². The second-order valence-electron chi connectivity index (χ2n) is 4.17. The van der Waals surface area contributed by atoms with Crippen LogP contribution in [0, 0.1) is 5.92 Å². The second kappa shape index (κ2) is 7.24. The van der Waals surface area contributed by atoms with Crippen molar-refractivity contribution in [1.82, 2.24) is 5.32 Å². The molecule has 0 aliphatic rings. The van der Waals surface area contributed by atoms with Crippen molar-refractivity contribution < 1.29 is 14.6 Å². The molecule has 0 fully saturated rings. The van der Waals surface area contributed by atoms with Crippen LogP contribution in [-0.2, 0) is 0 Å². The third-order valence-electron chi connectivity index (χ3n) is 2.64. The smallest absolute Gasteiger partial charge is 0.255 e. The maximum atomic E-state index is 12.0. The molecular formula is C13H18ClNO3. The minimum absolute atomic E-state index is 0.123. The molecule has 100 valence electrons. The zero-order chi connectivity index (χ0) is 13.5. The molecule has 0 bridgehead atoms. The number of hydrogen-bond acceptors (Lipinski definition) is 3. The van der Waals surface area contributed by atoms with E-state index >= 15 is 0 Å². The predicted octanol–water partition coefficient (Wildman–Crippen LogP) is 2.10. The molecule has 0 saturated heterocycles. The SMILES string of the molecule is COc1ccc(Cl)cc1C(=O)NCC(C)CCO. The molecule has 0 aromatic heterocycles. The van der Waals surface area contributed by atoms with Gasteiger partial charge in [0.25, 0.3) is 5.91 Å². The molecular weight excluding hydrogens is 254 g/mol. The van der Waals surface area contributed by atoms with E-state index in [0.717, 1.165) is 0 Å². The van der Waals surface area contributed by atoms with Crippen LogP contribution in [0.3, 0.4) is 0 Å². The highest BCUT2D eigenvalue weighted by Crippen LogP contribution is 2.22. The molecule has 1 rings (SSSR count). The standard InChI is InChI=1S/C13H18ClNO3/c1-9(5-6-16)8-15-13(17)11-7-10(14)3-4-12(11)18-2/h3-4,7,9,16H,5-6,8H2,1-2H3,(H,15,17). The van der Waals surface area contributed by atoms with Gasteiger partial charge in [-0.05, 0) is 30.5 Å². The number of halogens is 1. The maximum absolute atomic E-state index is 12.0. The number of aliphatic hydroxyl groups excluding tert-OH is 1. The highest BCUT2D eigenvalue weighted by atomic mass is 35.5. The summed E-state index contributed by atoms with van der Waals surface area (Å²) in [6.45, 7) is 2.60. The van der Waals surface area contributed by atoms with E-state index in [2.05, 4.69) is 5.32 Å². The summed E-state index contributed by atoms with van der Waals surface area (Å²) in [6, 6.07) is 4.91. The van der Waals surface area contributed by atoms with Crippen LogP contribution in [0.2, 0.25) is 5.02 Å². The van der Waals surface area contributed by atoms with E-state index in [9.17, 15) is 4.79 Å². The van der Waals surface area contributed by atoms with Crippen molar-refractivity contribution in [2.45, 2.75) is 13.3 Å². The molecule has 1 unspecified atom stereocenters. The molecule has 0 saturated carbocycles. The molecule has 0 spiro atoms. The summed E-state index contributed by atoms with van der Waals surface area (Å²) in [5, 5.41) is 12.1. The first-order valence-corrected chi connectivity index (χ1v) is 6.19. The number of carbonyl (C=O) groups is 1. The van der Waals surface area contributed by atoms with Gasteiger partial charge in [0.2, 0.25) is 0 Å². The number of carbonyl (C=O) groups excluding carboxylic acids is 1. The highest BCUT2D eigenvalue weighted by Gasteiger charge is 2.13. The Hall–Kier alpha value is -1.26. The Morgan fingerprint density at radius 1 is 1.56 bits per heavy atom. The minimum atomic E-state index is -0.223. The lowest BCUT2D eigenvalue weighted by Gasteiger charge is -2.13. The molecule has 1 atom stereocenters. The Balaban J connectivity index is 2.68. The van der Waals surface area contributed by atoms with Gasteiger partial charge in [0.1, 0.15) is 5.75 Å². The normalized spacial score (nSPS) is 12.0. The van der Waals surface area contributed by atoms with E-state index in [-0.39, 0.29) is 18.4 Å². The number of aliphatic hydroxyl groups is 1. The van der Waals surface area contributed by atoms with Crippen LogP contribution in [0.5, 0.6) is 5.75 Å². The summed E-state index contributed by atoms with van der Waals surface area (Å²) in [4.78, 5) is 12.0. The van der Waals surface area contributed by atoms with Crippen LogP contribution < -0.4 is 10.1 Å². The quantitative estimate of drug-likeness (QED) is 0.833. The largest absolute Gasteiger partial charge is 0.496 e. The molecule has 4 nitrogen and oxygen atoms in total. The zero-order valence-corrected chi connectivity index (χ0v) is 11.3. The lowest BCUT2D eigenvalue weighted by atomic mass is 10.1. The van der Waals surface area contributed by atoms with E-state index < -0.39 is 0 Å².